The molecule has 2 heteroatoms. The first-order valence-corrected chi connectivity index (χ1v) is 6.58. The molecule has 0 aliphatic carbocycles. The Morgan fingerprint density at radius 1 is 1.31 bits per heavy atom. The molecule has 0 aromatic heterocycles. The fraction of sp³-hybridized carbons (Fsp3) is 0.455. The van der Waals surface area contributed by atoms with Crippen LogP contribution in [0.3, 0.4) is 0 Å². The van der Waals surface area contributed by atoms with Crippen molar-refractivity contribution in [3.05, 3.63) is 35.9 Å². The second kappa shape index (κ2) is 5.94. The fourth-order valence-corrected chi connectivity index (χ4v) is 2.18. The maximum absolute atomic E-state index is 3.52. The summed E-state index contributed by atoms with van der Waals surface area (Å²) in [6, 6.07) is 12.7. The van der Waals surface area contributed by atoms with Gasteiger partial charge in [0.05, 0.1) is 0 Å². The van der Waals surface area contributed by atoms with Gasteiger partial charge in [-0.1, -0.05) is 43.3 Å². The van der Waals surface area contributed by atoms with E-state index in [0.29, 0.717) is 6.04 Å². The molecular formula is C11H19NSi. The molecule has 0 aliphatic heterocycles. The zero-order valence-corrected chi connectivity index (χ0v) is 10.6. The minimum absolute atomic E-state index is 0.573. The van der Waals surface area contributed by atoms with Crippen molar-refractivity contribution in [3.8, 4) is 0 Å². The average molecular weight is 193 g/mol. The van der Waals surface area contributed by atoms with E-state index < -0.39 is 0 Å². The zero-order chi connectivity index (χ0) is 9.52. The molecule has 0 amide bonds. The molecule has 0 saturated heterocycles. The first-order chi connectivity index (χ1) is 6.38. The second-order valence-corrected chi connectivity index (χ2v) is 4.31. The van der Waals surface area contributed by atoms with E-state index in [9.17, 15) is 0 Å². The number of benzene rings is 1. The predicted molar refractivity (Wildman–Crippen MR) is 62.2 cm³/mol. The standard InChI is InChI=1S/C11H19NSi/c1-2-12-11(8-9-13)10-6-4-3-5-7-10/h3-7,11-12H,2,8-9H2,1,13H3. The van der Waals surface area contributed by atoms with Crippen LogP contribution in [0.1, 0.15) is 24.9 Å². The Labute approximate surface area is 84.0 Å². The molecular weight excluding hydrogens is 174 g/mol. The van der Waals surface area contributed by atoms with Gasteiger partial charge in [0.25, 0.3) is 0 Å². The van der Waals surface area contributed by atoms with E-state index >= 15 is 0 Å². The minimum Gasteiger partial charge on any atom is -0.310 e. The third kappa shape index (κ3) is 3.33. The number of nitrogens with one attached hydrogen (secondary N) is 1. The van der Waals surface area contributed by atoms with Gasteiger partial charge in [-0.05, 0) is 18.5 Å². The summed E-state index contributed by atoms with van der Waals surface area (Å²) in [4.78, 5) is 0. The molecule has 0 spiro atoms. The monoisotopic (exact) mass is 193 g/mol. The van der Waals surface area contributed by atoms with Gasteiger partial charge >= 0.3 is 0 Å². The van der Waals surface area contributed by atoms with Gasteiger partial charge in [0, 0.05) is 16.3 Å². The Morgan fingerprint density at radius 2 is 2.00 bits per heavy atom. The molecule has 1 rings (SSSR count). The first-order valence-electron chi connectivity index (χ1n) is 5.16. The van der Waals surface area contributed by atoms with Crippen LogP contribution in [-0.2, 0) is 0 Å². The van der Waals surface area contributed by atoms with Gasteiger partial charge in [-0.25, -0.2) is 0 Å². The summed E-state index contributed by atoms with van der Waals surface area (Å²) in [5, 5.41) is 3.52. The molecule has 1 unspecified atom stereocenters. The van der Waals surface area contributed by atoms with Crippen LogP contribution in [-0.4, -0.2) is 16.8 Å². The average Bonchev–Trinajstić information content (AvgIpc) is 2.19. The maximum Gasteiger partial charge on any atom is 0.0317 e. The van der Waals surface area contributed by atoms with Crippen LogP contribution in [0, 0.1) is 0 Å². The van der Waals surface area contributed by atoms with Crippen LogP contribution in [0.4, 0.5) is 0 Å². The zero-order valence-electron chi connectivity index (χ0n) is 8.59. The molecule has 0 heterocycles. The van der Waals surface area contributed by atoms with Crippen LogP contribution in [0.2, 0.25) is 6.04 Å². The number of hydrogen-bond acceptors (Lipinski definition) is 1. The van der Waals surface area contributed by atoms with Crippen molar-refractivity contribution < 1.29 is 0 Å². The molecule has 0 fully saturated rings. The summed E-state index contributed by atoms with van der Waals surface area (Å²) in [6.45, 7) is 3.23. The van der Waals surface area contributed by atoms with Crippen LogP contribution in [0.25, 0.3) is 0 Å². The Morgan fingerprint density at radius 3 is 2.54 bits per heavy atom. The van der Waals surface area contributed by atoms with Gasteiger partial charge in [-0.15, -0.1) is 0 Å². The van der Waals surface area contributed by atoms with Crippen LogP contribution in [0.15, 0.2) is 30.3 Å². The van der Waals surface area contributed by atoms with Gasteiger partial charge in [-0.3, -0.25) is 0 Å². The molecule has 1 atom stereocenters. The molecule has 72 valence electrons. The Balaban J connectivity index is 2.64. The van der Waals surface area contributed by atoms with Crippen molar-refractivity contribution in [3.63, 3.8) is 0 Å². The highest BCUT2D eigenvalue weighted by Crippen LogP contribution is 2.17. The smallest absolute Gasteiger partial charge is 0.0317 e. The minimum atomic E-state index is 0.573. The van der Waals surface area contributed by atoms with Crippen molar-refractivity contribution in [2.24, 2.45) is 0 Å². The lowest BCUT2D eigenvalue weighted by Crippen LogP contribution is -2.20. The highest BCUT2D eigenvalue weighted by atomic mass is 28.1. The molecule has 0 saturated carbocycles. The Hall–Kier alpha value is -0.603. The number of rotatable bonds is 5. The van der Waals surface area contributed by atoms with Crippen molar-refractivity contribution >= 4 is 10.2 Å². The number of hydrogen-bond donors (Lipinski definition) is 1. The quantitative estimate of drug-likeness (QED) is 0.699. The Kier molecular flexibility index (Phi) is 4.79. The molecule has 1 N–H and O–H groups in total. The predicted octanol–water partition coefficient (Wildman–Crippen LogP) is 1.51. The summed E-state index contributed by atoms with van der Waals surface area (Å²) in [5.41, 5.74) is 1.43. The Bertz CT molecular complexity index is 217. The lowest BCUT2D eigenvalue weighted by Gasteiger charge is -2.17. The van der Waals surface area contributed by atoms with Crippen molar-refractivity contribution in [1.29, 1.82) is 0 Å². The van der Waals surface area contributed by atoms with Gasteiger partial charge in [0.2, 0.25) is 0 Å². The SMILES string of the molecule is CCNC(CC[SiH3])c1ccccc1. The molecule has 0 aliphatic rings. The third-order valence-electron chi connectivity index (χ3n) is 2.23. The molecule has 13 heavy (non-hydrogen) atoms. The van der Waals surface area contributed by atoms with Gasteiger partial charge in [-0.2, -0.15) is 0 Å². The van der Waals surface area contributed by atoms with E-state index in [1.165, 1.54) is 28.3 Å². The highest BCUT2D eigenvalue weighted by molar-refractivity contribution is 6.08. The van der Waals surface area contributed by atoms with Crippen molar-refractivity contribution in [1.82, 2.24) is 5.32 Å². The fourth-order valence-electron chi connectivity index (χ4n) is 1.61. The molecule has 1 aromatic rings. The second-order valence-electron chi connectivity index (χ2n) is 3.31. The van der Waals surface area contributed by atoms with E-state index in [-0.39, 0.29) is 0 Å². The lowest BCUT2D eigenvalue weighted by atomic mass is 10.0. The van der Waals surface area contributed by atoms with Crippen LogP contribution >= 0.6 is 0 Å². The van der Waals surface area contributed by atoms with Gasteiger partial charge < -0.3 is 5.32 Å². The van der Waals surface area contributed by atoms with E-state index in [2.05, 4.69) is 42.6 Å². The summed E-state index contributed by atoms with van der Waals surface area (Å²) in [5.74, 6) is 0. The summed E-state index contributed by atoms with van der Waals surface area (Å²) < 4.78 is 0. The topological polar surface area (TPSA) is 12.0 Å². The maximum atomic E-state index is 3.52. The molecule has 0 radical (unpaired) electrons. The van der Waals surface area contributed by atoms with E-state index in [1.807, 2.05) is 0 Å². The molecule has 1 nitrogen and oxygen atoms in total. The van der Waals surface area contributed by atoms with Gasteiger partial charge in [0.15, 0.2) is 0 Å². The molecule has 0 bridgehead atoms. The van der Waals surface area contributed by atoms with Gasteiger partial charge in [0.1, 0.15) is 0 Å². The van der Waals surface area contributed by atoms with E-state index in [1.54, 1.807) is 0 Å². The van der Waals surface area contributed by atoms with Crippen molar-refractivity contribution in [2.45, 2.75) is 25.4 Å². The summed E-state index contributed by atoms with van der Waals surface area (Å²) in [6.07, 6.45) is 1.28. The van der Waals surface area contributed by atoms with Crippen molar-refractivity contribution in [2.75, 3.05) is 6.54 Å². The molecule has 1 aromatic carbocycles. The van der Waals surface area contributed by atoms with E-state index in [4.69, 9.17) is 0 Å². The lowest BCUT2D eigenvalue weighted by molar-refractivity contribution is 0.537. The van der Waals surface area contributed by atoms with Crippen LogP contribution < -0.4 is 5.32 Å². The largest absolute Gasteiger partial charge is 0.310 e. The summed E-state index contributed by atoms with van der Waals surface area (Å²) >= 11 is 0. The van der Waals surface area contributed by atoms with Crippen LogP contribution in [0.5, 0.6) is 0 Å². The highest BCUT2D eigenvalue weighted by Gasteiger charge is 2.06. The first kappa shape index (κ1) is 10.5. The summed E-state index contributed by atoms with van der Waals surface area (Å²) in [7, 11) is 1.31. The normalized spacial score (nSPS) is 13.0. The van der Waals surface area contributed by atoms with E-state index in [0.717, 1.165) is 6.54 Å². The third-order valence-corrected chi connectivity index (χ3v) is 2.81.